The number of unbranched alkanes of at least 4 members (excludes halogenated alkanes) is 35. The van der Waals surface area contributed by atoms with Crippen molar-refractivity contribution in [2.24, 2.45) is 0 Å². The largest absolute Gasteiger partial charge is 0.457 e. The van der Waals surface area contributed by atoms with Crippen LogP contribution in [0, 0.1) is 0 Å². The molecule has 2 saturated heterocycles. The summed E-state index contributed by atoms with van der Waals surface area (Å²) in [5, 5.41) is 72.5. The van der Waals surface area contributed by atoms with Gasteiger partial charge in [-0.15, -0.1) is 0 Å². The molecule has 0 bridgehead atoms. The second kappa shape index (κ2) is 50.2. The van der Waals surface area contributed by atoms with Gasteiger partial charge < -0.3 is 64.2 Å². The van der Waals surface area contributed by atoms with Gasteiger partial charge in [-0.1, -0.05) is 244 Å². The van der Waals surface area contributed by atoms with Gasteiger partial charge in [-0.25, -0.2) is 0 Å². The Kier molecular flexibility index (Phi) is 46.7. The normalized spacial score (nSPS) is 24.4. The van der Waals surface area contributed by atoms with E-state index in [1.165, 1.54) is 199 Å². The monoisotopic (exact) mass is 1100 g/mol. The molecule has 0 amide bonds. The minimum absolute atomic E-state index is 0.0662. The first-order chi connectivity index (χ1) is 37.6. The number of aliphatic hydroxyl groups is 7. The third kappa shape index (κ3) is 36.5. The van der Waals surface area contributed by atoms with Gasteiger partial charge in [-0.05, 0) is 44.9 Å². The number of hydrogen-bond donors (Lipinski definition) is 7. The molecule has 0 radical (unpaired) electrons. The van der Waals surface area contributed by atoms with E-state index >= 15 is 0 Å². The summed E-state index contributed by atoms with van der Waals surface area (Å²) in [7, 11) is 0. The Bertz CT molecular complexity index is 1370. The SMILES string of the molecule is CCCCCCC/C=C\C/C=C\CCCCCCCCCCCCCC(=O)OC(COCCCCCCCCCCCCCCCCCCCCCC)COC1OC(COC2OC(CO)C(O)C(O)C2O)C(O)C(O)C1O. The van der Waals surface area contributed by atoms with Gasteiger partial charge in [0.2, 0.25) is 0 Å². The fraction of sp³-hybridized carbons (Fsp3) is 0.921. The number of carbonyl (C=O) groups is 1. The van der Waals surface area contributed by atoms with Crippen molar-refractivity contribution < 1.29 is 69.0 Å². The average Bonchev–Trinajstić information content (AvgIpc) is 3.43. The van der Waals surface area contributed by atoms with E-state index in [1.807, 2.05) is 0 Å². The molecule has 0 aromatic heterocycles. The molecule has 0 aromatic carbocycles. The highest BCUT2D eigenvalue weighted by Crippen LogP contribution is 2.27. The molecule has 14 heteroatoms. The van der Waals surface area contributed by atoms with Crippen LogP contribution >= 0.6 is 0 Å². The molecule has 2 aliphatic heterocycles. The van der Waals surface area contributed by atoms with Crippen molar-refractivity contribution in [3.63, 3.8) is 0 Å². The average molecular weight is 1100 g/mol. The standard InChI is InChI=1S/C63H118O14/c1-3-5-7-9-11-13-15-17-19-21-23-25-26-27-28-30-32-34-36-38-40-42-44-46-55(65)75-52(49-72-47-45-43-41-39-37-35-33-31-29-24-22-20-18-16-14-12-10-8-6-4-2)50-73-62-61(71)59(69)57(67)54(77-62)51-74-63-60(70)58(68)56(66)53(48-64)76-63/h15,17,21,23,52-54,56-64,66-71H,3-14,16,18-20,22,24-51H2,1-2H3/b17-15-,23-21-. The minimum Gasteiger partial charge on any atom is -0.457 e. The Morgan fingerprint density at radius 1 is 0.429 bits per heavy atom. The summed E-state index contributed by atoms with van der Waals surface area (Å²) in [6.07, 6.45) is 42.4. The van der Waals surface area contributed by atoms with Crippen molar-refractivity contribution >= 4 is 5.97 Å². The molecular formula is C63H118O14. The molecule has 11 atom stereocenters. The van der Waals surface area contributed by atoms with E-state index in [2.05, 4.69) is 38.2 Å². The molecule has 77 heavy (non-hydrogen) atoms. The van der Waals surface area contributed by atoms with Crippen LogP contribution in [-0.2, 0) is 33.2 Å². The van der Waals surface area contributed by atoms with E-state index < -0.39 is 80.7 Å². The van der Waals surface area contributed by atoms with E-state index in [1.54, 1.807) is 0 Å². The lowest BCUT2D eigenvalue weighted by atomic mass is 9.98. The zero-order valence-corrected chi connectivity index (χ0v) is 49.0. The maximum absolute atomic E-state index is 13.1. The number of ether oxygens (including phenoxy) is 6. The molecular weight excluding hydrogens is 981 g/mol. The third-order valence-corrected chi connectivity index (χ3v) is 15.5. The van der Waals surface area contributed by atoms with Gasteiger partial charge in [0.25, 0.3) is 0 Å². The van der Waals surface area contributed by atoms with E-state index in [0.717, 1.165) is 44.9 Å². The molecule has 7 N–H and O–H groups in total. The smallest absolute Gasteiger partial charge is 0.306 e. The molecule has 14 nitrogen and oxygen atoms in total. The van der Waals surface area contributed by atoms with Crippen LogP contribution in [0.4, 0.5) is 0 Å². The van der Waals surface area contributed by atoms with Gasteiger partial charge in [0.05, 0.1) is 26.4 Å². The Labute approximate surface area is 468 Å². The van der Waals surface area contributed by atoms with Crippen LogP contribution < -0.4 is 0 Å². The molecule has 2 fully saturated rings. The number of aliphatic hydroxyl groups excluding tert-OH is 7. The first-order valence-electron chi connectivity index (χ1n) is 31.9. The van der Waals surface area contributed by atoms with Gasteiger partial charge in [0, 0.05) is 13.0 Å². The van der Waals surface area contributed by atoms with Gasteiger partial charge in [-0.3, -0.25) is 4.79 Å². The maximum Gasteiger partial charge on any atom is 0.306 e. The van der Waals surface area contributed by atoms with Crippen molar-refractivity contribution in [2.45, 2.75) is 338 Å². The third-order valence-electron chi connectivity index (χ3n) is 15.5. The number of rotatable bonds is 53. The van der Waals surface area contributed by atoms with Crippen LogP contribution in [0.2, 0.25) is 0 Å². The Hall–Kier alpha value is -1.53. The van der Waals surface area contributed by atoms with E-state index in [-0.39, 0.29) is 25.6 Å². The van der Waals surface area contributed by atoms with Crippen LogP contribution in [0.1, 0.15) is 271 Å². The van der Waals surface area contributed by atoms with Crippen molar-refractivity contribution in [1.82, 2.24) is 0 Å². The molecule has 0 aromatic rings. The van der Waals surface area contributed by atoms with Crippen molar-refractivity contribution in [3.05, 3.63) is 24.3 Å². The second-order valence-electron chi connectivity index (χ2n) is 22.6. The zero-order chi connectivity index (χ0) is 55.8. The quantitative estimate of drug-likeness (QED) is 0.0172. The molecule has 0 spiro atoms. The zero-order valence-electron chi connectivity index (χ0n) is 49.0. The van der Waals surface area contributed by atoms with Crippen LogP contribution in [-0.4, -0.2) is 142 Å². The summed E-state index contributed by atoms with van der Waals surface area (Å²) in [5.74, 6) is -0.372. The molecule has 0 saturated carbocycles. The first kappa shape index (κ1) is 71.6. The predicted octanol–water partition coefficient (Wildman–Crippen LogP) is 12.3. The van der Waals surface area contributed by atoms with Gasteiger partial charge in [0.1, 0.15) is 54.9 Å². The van der Waals surface area contributed by atoms with Crippen LogP contribution in [0.3, 0.4) is 0 Å². The van der Waals surface area contributed by atoms with Crippen LogP contribution in [0.25, 0.3) is 0 Å². The van der Waals surface area contributed by atoms with E-state index in [4.69, 9.17) is 28.4 Å². The molecule has 454 valence electrons. The fourth-order valence-electron chi connectivity index (χ4n) is 10.3. The van der Waals surface area contributed by atoms with Crippen molar-refractivity contribution in [2.75, 3.05) is 33.0 Å². The Morgan fingerprint density at radius 3 is 1.25 bits per heavy atom. The lowest BCUT2D eigenvalue weighted by Crippen LogP contribution is -2.61. The molecule has 2 aliphatic rings. The summed E-state index contributed by atoms with van der Waals surface area (Å²) in [6.45, 7) is 3.74. The lowest BCUT2D eigenvalue weighted by Gasteiger charge is -2.42. The highest BCUT2D eigenvalue weighted by Gasteiger charge is 2.47. The summed E-state index contributed by atoms with van der Waals surface area (Å²) >= 11 is 0. The number of allylic oxidation sites excluding steroid dienone is 4. The van der Waals surface area contributed by atoms with Gasteiger partial charge in [0.15, 0.2) is 12.6 Å². The number of esters is 1. The summed E-state index contributed by atoms with van der Waals surface area (Å²) in [4.78, 5) is 13.1. The first-order valence-corrected chi connectivity index (χ1v) is 31.9. The summed E-state index contributed by atoms with van der Waals surface area (Å²) in [6, 6.07) is 0. The Morgan fingerprint density at radius 2 is 0.805 bits per heavy atom. The predicted molar refractivity (Wildman–Crippen MR) is 307 cm³/mol. The Balaban J connectivity index is 1.67. The maximum atomic E-state index is 13.1. The molecule has 11 unspecified atom stereocenters. The topological polar surface area (TPSA) is 214 Å². The van der Waals surface area contributed by atoms with Gasteiger partial charge in [-0.2, -0.15) is 0 Å². The summed E-state index contributed by atoms with van der Waals surface area (Å²) < 4.78 is 34.5. The van der Waals surface area contributed by atoms with Crippen molar-refractivity contribution in [1.29, 1.82) is 0 Å². The lowest BCUT2D eigenvalue weighted by molar-refractivity contribution is -0.332. The fourth-order valence-corrected chi connectivity index (χ4v) is 10.3. The van der Waals surface area contributed by atoms with Crippen LogP contribution in [0.15, 0.2) is 24.3 Å². The number of hydrogen-bond acceptors (Lipinski definition) is 14. The molecule has 2 rings (SSSR count). The molecule has 2 heterocycles. The van der Waals surface area contributed by atoms with Crippen molar-refractivity contribution in [3.8, 4) is 0 Å². The molecule has 0 aliphatic carbocycles. The second-order valence-corrected chi connectivity index (χ2v) is 22.6. The summed E-state index contributed by atoms with van der Waals surface area (Å²) in [5.41, 5.74) is 0. The minimum atomic E-state index is -1.70. The highest BCUT2D eigenvalue weighted by molar-refractivity contribution is 5.69. The van der Waals surface area contributed by atoms with E-state index in [9.17, 15) is 40.5 Å². The van der Waals surface area contributed by atoms with Gasteiger partial charge >= 0.3 is 5.97 Å². The van der Waals surface area contributed by atoms with Crippen LogP contribution in [0.5, 0.6) is 0 Å². The van der Waals surface area contributed by atoms with E-state index in [0.29, 0.717) is 13.0 Å². The highest BCUT2D eigenvalue weighted by atomic mass is 16.7. The number of carbonyl (C=O) groups excluding carboxylic acids is 1.